The Bertz CT molecular complexity index is 2140. The van der Waals surface area contributed by atoms with Gasteiger partial charge in [-0.15, -0.1) is 0 Å². The number of cyclic esters (lactones) is 1. The predicted molar refractivity (Wildman–Crippen MR) is 215 cm³/mol. The van der Waals surface area contributed by atoms with Crippen LogP contribution in [0.2, 0.25) is 5.54 Å². The molecular formula is C43H53N5O6Si. The number of fused-ring (bicyclic) bond motifs is 6. The van der Waals surface area contributed by atoms with Gasteiger partial charge < -0.3 is 24.1 Å². The van der Waals surface area contributed by atoms with E-state index in [1.807, 2.05) is 32.9 Å². The molecule has 12 heteroatoms. The van der Waals surface area contributed by atoms with Crippen molar-refractivity contribution >= 4 is 38.4 Å². The number of hydrogen-bond donors (Lipinski definition) is 3. The number of carbonyl (C=O) groups excluding carboxylic acids is 3. The lowest BCUT2D eigenvalue weighted by molar-refractivity contribution is -0.154. The smallest absolute Gasteiger partial charge is 0.324 e. The van der Waals surface area contributed by atoms with Crippen LogP contribution in [0.1, 0.15) is 84.2 Å². The number of nitrogens with one attached hydrogen (secondary N) is 2. The molecule has 0 aliphatic carbocycles. The van der Waals surface area contributed by atoms with E-state index in [4.69, 9.17) is 14.5 Å². The van der Waals surface area contributed by atoms with Crippen LogP contribution in [0.25, 0.3) is 33.3 Å². The number of rotatable bonds is 7. The third kappa shape index (κ3) is 8.56. The summed E-state index contributed by atoms with van der Waals surface area (Å²) < 4.78 is 14.2. The second kappa shape index (κ2) is 16.5. The van der Waals surface area contributed by atoms with Gasteiger partial charge in [-0.3, -0.25) is 24.4 Å². The predicted octanol–water partition coefficient (Wildman–Crippen LogP) is 6.85. The zero-order chi connectivity index (χ0) is 39.6. The summed E-state index contributed by atoms with van der Waals surface area (Å²) in [6.45, 7) is 15.1. The van der Waals surface area contributed by atoms with Crippen molar-refractivity contribution in [2.75, 3.05) is 20.3 Å². The summed E-state index contributed by atoms with van der Waals surface area (Å²) in [7, 11) is 1.44. The SMILES string of the molecule is CCn1c(-c2cccnc2[C@H](C)OC)c2c3cc(ccc31)-c1cc(O)cc(c1)C[C@H]([Si]NC(=O)C(C)=C(C)C)C(=O)N1CCC[C@H](N1)C(=O)OCC(C)(C)C2. The highest BCUT2D eigenvalue weighted by Gasteiger charge is 2.35. The number of aromatic nitrogens is 2. The normalized spacial score (nSPS) is 19.4. The number of pyridine rings is 1. The van der Waals surface area contributed by atoms with E-state index in [0.717, 1.165) is 55.7 Å². The van der Waals surface area contributed by atoms with Crippen LogP contribution in [0.15, 0.2) is 65.9 Å². The van der Waals surface area contributed by atoms with Crippen molar-refractivity contribution in [1.82, 2.24) is 25.0 Å². The number of carbonyl (C=O) groups is 3. The minimum atomic E-state index is -0.695. The van der Waals surface area contributed by atoms with Crippen molar-refractivity contribution in [3.63, 3.8) is 0 Å². The van der Waals surface area contributed by atoms with Gasteiger partial charge in [-0.25, -0.2) is 5.43 Å². The first-order valence-electron chi connectivity index (χ1n) is 19.1. The lowest BCUT2D eigenvalue weighted by Crippen LogP contribution is -2.57. The fourth-order valence-corrected chi connectivity index (χ4v) is 8.65. The molecule has 2 aromatic heterocycles. The number of ether oxygens (including phenoxy) is 2. The van der Waals surface area contributed by atoms with Gasteiger partial charge in [-0.1, -0.05) is 31.6 Å². The molecule has 6 bridgehead atoms. The van der Waals surface area contributed by atoms with Crippen LogP contribution >= 0.6 is 0 Å². The summed E-state index contributed by atoms with van der Waals surface area (Å²) in [6.07, 6.45) is 3.54. The molecule has 3 atom stereocenters. The molecule has 4 heterocycles. The van der Waals surface area contributed by atoms with E-state index in [1.165, 1.54) is 5.01 Å². The van der Waals surface area contributed by atoms with E-state index in [-0.39, 0.29) is 46.4 Å². The highest BCUT2D eigenvalue weighted by atomic mass is 28.2. The van der Waals surface area contributed by atoms with Crippen LogP contribution in [0.5, 0.6) is 5.75 Å². The van der Waals surface area contributed by atoms with E-state index < -0.39 is 23.0 Å². The quantitative estimate of drug-likeness (QED) is 0.106. The number of methoxy groups -OCH3 is 1. The van der Waals surface area contributed by atoms with Gasteiger partial charge in [0.05, 0.1) is 29.6 Å². The van der Waals surface area contributed by atoms with Crippen molar-refractivity contribution in [3.8, 4) is 28.1 Å². The Hall–Kier alpha value is -4.78. The Kier molecular flexibility index (Phi) is 12.0. The van der Waals surface area contributed by atoms with Crippen LogP contribution in [0.3, 0.4) is 0 Å². The molecule has 55 heavy (non-hydrogen) atoms. The third-order valence-electron chi connectivity index (χ3n) is 10.8. The van der Waals surface area contributed by atoms with E-state index in [0.29, 0.717) is 37.9 Å². The zero-order valence-corrected chi connectivity index (χ0v) is 34.2. The Morgan fingerprint density at radius 2 is 1.93 bits per heavy atom. The molecule has 0 spiro atoms. The van der Waals surface area contributed by atoms with E-state index in [2.05, 4.69) is 60.0 Å². The molecule has 1 saturated heterocycles. The first-order chi connectivity index (χ1) is 26.2. The number of esters is 1. The van der Waals surface area contributed by atoms with Gasteiger partial charge in [0, 0.05) is 53.9 Å². The molecule has 0 unspecified atom stereocenters. The lowest BCUT2D eigenvalue weighted by atomic mass is 9.84. The number of benzene rings is 2. The topological polar surface area (TPSA) is 135 Å². The molecule has 3 N–H and O–H groups in total. The van der Waals surface area contributed by atoms with Crippen LogP contribution in [0, 0.1) is 5.41 Å². The molecule has 2 radical (unpaired) electrons. The summed E-state index contributed by atoms with van der Waals surface area (Å²) in [6, 6.07) is 15.2. The number of nitrogens with zero attached hydrogens (tertiary/aromatic N) is 3. The summed E-state index contributed by atoms with van der Waals surface area (Å²) >= 11 is 0. The maximum absolute atomic E-state index is 14.2. The third-order valence-corrected chi connectivity index (χ3v) is 12.0. The Morgan fingerprint density at radius 1 is 1.15 bits per heavy atom. The fourth-order valence-electron chi connectivity index (χ4n) is 7.54. The van der Waals surface area contributed by atoms with Crippen LogP contribution in [-0.4, -0.2) is 73.4 Å². The second-order valence-electron chi connectivity index (χ2n) is 15.7. The molecule has 2 aromatic carbocycles. The maximum atomic E-state index is 14.2. The second-order valence-corrected chi connectivity index (χ2v) is 17.0. The highest BCUT2D eigenvalue weighted by Crippen LogP contribution is 2.42. The number of amides is 2. The summed E-state index contributed by atoms with van der Waals surface area (Å²) in [5, 5.41) is 13.7. The van der Waals surface area contributed by atoms with Gasteiger partial charge in [0.15, 0.2) is 9.68 Å². The highest BCUT2D eigenvalue weighted by molar-refractivity contribution is 6.45. The molecule has 290 valence electrons. The molecule has 11 nitrogen and oxygen atoms in total. The number of phenols is 1. The molecule has 2 aliphatic heterocycles. The van der Waals surface area contributed by atoms with Crippen molar-refractivity contribution < 1.29 is 29.0 Å². The van der Waals surface area contributed by atoms with Crippen LogP contribution in [-0.2, 0) is 43.2 Å². The Balaban J connectivity index is 1.53. The first-order valence-corrected chi connectivity index (χ1v) is 20.2. The van der Waals surface area contributed by atoms with Gasteiger partial charge in [0.2, 0.25) is 11.8 Å². The van der Waals surface area contributed by atoms with Gasteiger partial charge in [-0.2, -0.15) is 0 Å². The van der Waals surface area contributed by atoms with Crippen LogP contribution in [0.4, 0.5) is 0 Å². The maximum Gasteiger partial charge on any atom is 0.324 e. The molecule has 1 fully saturated rings. The van der Waals surface area contributed by atoms with E-state index in [1.54, 1.807) is 32.4 Å². The number of aromatic hydroxyl groups is 1. The molecule has 2 aliphatic rings. The van der Waals surface area contributed by atoms with Crippen molar-refractivity contribution in [2.24, 2.45) is 5.41 Å². The van der Waals surface area contributed by atoms with Gasteiger partial charge in [0.1, 0.15) is 11.8 Å². The molecule has 6 rings (SSSR count). The first kappa shape index (κ1) is 39.9. The average Bonchev–Trinajstić information content (AvgIpc) is 3.48. The van der Waals surface area contributed by atoms with Gasteiger partial charge in [0.25, 0.3) is 0 Å². The Morgan fingerprint density at radius 3 is 2.65 bits per heavy atom. The fraction of sp³-hybridized carbons (Fsp3) is 0.442. The van der Waals surface area contributed by atoms with E-state index in [9.17, 15) is 19.5 Å². The van der Waals surface area contributed by atoms with Crippen LogP contribution < -0.4 is 10.4 Å². The molecule has 2 amide bonds. The lowest BCUT2D eigenvalue weighted by Gasteiger charge is -2.35. The number of aryl methyl sites for hydroxylation is 1. The number of hydrogen-bond acceptors (Lipinski definition) is 8. The van der Waals surface area contributed by atoms with Crippen molar-refractivity contribution in [3.05, 3.63) is 82.7 Å². The van der Waals surface area contributed by atoms with Crippen molar-refractivity contribution in [1.29, 1.82) is 0 Å². The minimum absolute atomic E-state index is 0.0848. The van der Waals surface area contributed by atoms with E-state index >= 15 is 0 Å². The number of phenolic OH excluding ortho intramolecular Hbond substituents is 1. The van der Waals surface area contributed by atoms with Gasteiger partial charge in [-0.05, 0) is 119 Å². The standard InChI is InChI=1S/C43H53N5O6Si/c1-9-47-36-15-14-29-22-33(36)34(39(47)32-12-10-16-44-38(32)27(5)53-8)23-43(6,7)24-54-42(52)35-13-11-17-48(45-35)41(51)37(55-46-40(50)26(4)25(2)3)20-28-18-30(29)21-31(49)19-28/h10,12,14-16,18-19,21-22,27,35,37,45,49H,9,11,13,17,20,23-24H2,1-8H3,(H,46,50)/t27-,35-,37-/m0/s1. The van der Waals surface area contributed by atoms with Crippen molar-refractivity contribution in [2.45, 2.75) is 98.4 Å². The molecule has 4 aromatic rings. The summed E-state index contributed by atoms with van der Waals surface area (Å²) in [5.41, 5.74) is 11.0. The minimum Gasteiger partial charge on any atom is -0.508 e. The number of allylic oxidation sites excluding steroid dienone is 1. The number of hydrazine groups is 1. The average molecular weight is 764 g/mol. The van der Waals surface area contributed by atoms with Gasteiger partial charge >= 0.3 is 5.97 Å². The summed E-state index contributed by atoms with van der Waals surface area (Å²) in [4.78, 5) is 48.7. The zero-order valence-electron chi connectivity index (χ0n) is 33.2. The molecular weight excluding hydrogens is 711 g/mol. The summed E-state index contributed by atoms with van der Waals surface area (Å²) in [5.74, 6) is -0.774. The molecule has 0 saturated carbocycles. The Labute approximate surface area is 326 Å². The monoisotopic (exact) mass is 763 g/mol. The largest absolute Gasteiger partial charge is 0.508 e.